The fourth-order valence-corrected chi connectivity index (χ4v) is 4.52. The Hall–Kier alpha value is -2.21. The number of allylic oxidation sites excluding steroid dienone is 1. The van der Waals surface area contributed by atoms with E-state index in [1.165, 1.54) is 0 Å². The van der Waals surface area contributed by atoms with Crippen molar-refractivity contribution in [3.8, 4) is 0 Å². The zero-order valence-electron chi connectivity index (χ0n) is 15.1. The van der Waals surface area contributed by atoms with Crippen LogP contribution in [0.2, 0.25) is 0 Å². The Bertz CT molecular complexity index is 792. The minimum absolute atomic E-state index is 0.0390. The van der Waals surface area contributed by atoms with Crippen molar-refractivity contribution in [3.05, 3.63) is 36.0 Å². The molecular formula is C20H22O6. The molecule has 0 amide bonds. The Morgan fingerprint density at radius 1 is 1.31 bits per heavy atom. The summed E-state index contributed by atoms with van der Waals surface area (Å²) in [6, 6.07) is 0. The van der Waals surface area contributed by atoms with Crippen LogP contribution in [-0.2, 0) is 28.6 Å². The van der Waals surface area contributed by atoms with E-state index in [1.54, 1.807) is 19.9 Å². The predicted molar refractivity (Wildman–Crippen MR) is 90.8 cm³/mol. The minimum atomic E-state index is -0.963. The molecule has 0 aromatic rings. The summed E-state index contributed by atoms with van der Waals surface area (Å²) in [4.78, 5) is 37.2. The van der Waals surface area contributed by atoms with E-state index in [2.05, 4.69) is 13.2 Å². The van der Waals surface area contributed by atoms with Crippen molar-refractivity contribution < 1.29 is 28.6 Å². The van der Waals surface area contributed by atoms with Crippen molar-refractivity contribution in [2.45, 2.75) is 51.1 Å². The third-order valence-corrected chi connectivity index (χ3v) is 6.28. The number of epoxide rings is 1. The highest BCUT2D eigenvalue weighted by atomic mass is 16.7. The van der Waals surface area contributed by atoms with Gasteiger partial charge in [-0.15, -0.1) is 0 Å². The lowest BCUT2D eigenvalue weighted by atomic mass is 9.80. The molecule has 2 heterocycles. The van der Waals surface area contributed by atoms with Crippen LogP contribution in [0.5, 0.6) is 0 Å². The molecule has 4 rings (SSSR count). The van der Waals surface area contributed by atoms with Crippen LogP contribution in [0.15, 0.2) is 36.0 Å². The predicted octanol–water partition coefficient (Wildman–Crippen LogP) is 1.89. The minimum Gasteiger partial charge on any atom is -0.459 e. The topological polar surface area (TPSA) is 82.2 Å². The number of fused-ring (bicyclic) bond motifs is 3. The summed E-state index contributed by atoms with van der Waals surface area (Å²) >= 11 is 0. The third kappa shape index (κ3) is 2.24. The molecule has 0 bridgehead atoms. The van der Waals surface area contributed by atoms with Crippen LogP contribution in [-0.4, -0.2) is 41.6 Å². The number of carbonyl (C=O) groups is 3. The van der Waals surface area contributed by atoms with Gasteiger partial charge in [-0.05, 0) is 26.8 Å². The first kappa shape index (κ1) is 17.2. The highest BCUT2D eigenvalue weighted by molar-refractivity contribution is 5.98. The van der Waals surface area contributed by atoms with Crippen molar-refractivity contribution >= 4 is 17.7 Å². The molecule has 4 aliphatic rings. The fourth-order valence-electron chi connectivity index (χ4n) is 4.52. The Morgan fingerprint density at radius 3 is 2.58 bits per heavy atom. The Kier molecular flexibility index (Phi) is 3.57. The number of esters is 2. The van der Waals surface area contributed by atoms with Crippen molar-refractivity contribution in [1.82, 2.24) is 0 Å². The van der Waals surface area contributed by atoms with E-state index in [9.17, 15) is 14.4 Å². The second-order valence-corrected chi connectivity index (χ2v) is 7.89. The van der Waals surface area contributed by atoms with Gasteiger partial charge in [0.2, 0.25) is 0 Å². The highest BCUT2D eigenvalue weighted by Crippen LogP contribution is 2.50. The standard InChI is InChI=1S/C20H22O6/c1-8-6-12(21)14-9(2)7-13(24-19(23)20(5)11(4)26-20)16-10(3)18(22)25-17(16)15(8)14/h6,11,13-17H,2-3,7H2,1,4-5H3/t11-,13+,14+,15-,16+,17+,20-/m0/s1. The van der Waals surface area contributed by atoms with Gasteiger partial charge in [0.25, 0.3) is 0 Å². The monoisotopic (exact) mass is 358 g/mol. The smallest absolute Gasteiger partial charge is 0.341 e. The van der Waals surface area contributed by atoms with Gasteiger partial charge in [0.1, 0.15) is 12.2 Å². The summed E-state index contributed by atoms with van der Waals surface area (Å²) in [7, 11) is 0. The number of carbonyl (C=O) groups excluding carboxylic acids is 3. The molecule has 2 aliphatic carbocycles. The molecule has 138 valence electrons. The van der Waals surface area contributed by atoms with E-state index < -0.39 is 41.6 Å². The molecule has 7 atom stereocenters. The summed E-state index contributed by atoms with van der Waals surface area (Å²) in [5.74, 6) is -2.23. The summed E-state index contributed by atoms with van der Waals surface area (Å²) in [5, 5.41) is 0. The molecule has 0 spiro atoms. The molecule has 0 aromatic heterocycles. The second-order valence-electron chi connectivity index (χ2n) is 7.89. The zero-order valence-corrected chi connectivity index (χ0v) is 15.1. The molecule has 6 nitrogen and oxygen atoms in total. The lowest BCUT2D eigenvalue weighted by molar-refractivity contribution is -0.158. The van der Waals surface area contributed by atoms with Gasteiger partial charge in [0.05, 0.1) is 17.9 Å². The molecule has 6 heteroatoms. The maximum atomic E-state index is 12.6. The van der Waals surface area contributed by atoms with Crippen LogP contribution in [0.3, 0.4) is 0 Å². The van der Waals surface area contributed by atoms with Crippen LogP contribution in [0.4, 0.5) is 0 Å². The lowest BCUT2D eigenvalue weighted by Gasteiger charge is -2.28. The molecule has 0 radical (unpaired) electrons. The van der Waals surface area contributed by atoms with Gasteiger partial charge in [0, 0.05) is 17.9 Å². The van der Waals surface area contributed by atoms with Gasteiger partial charge in [-0.25, -0.2) is 9.59 Å². The first-order valence-electron chi connectivity index (χ1n) is 8.83. The SMILES string of the molecule is C=C1C[C@@H](OC(=O)[C@@]2(C)O[C@H]2C)[C@H]2C(=C)C(=O)O[C@@H]2[C@H]2C(C)=CC(=O)[C@@H]12. The van der Waals surface area contributed by atoms with E-state index in [0.717, 1.165) is 5.57 Å². The molecule has 1 saturated carbocycles. The Balaban J connectivity index is 1.69. The molecule has 0 aromatic carbocycles. The largest absolute Gasteiger partial charge is 0.459 e. The van der Waals surface area contributed by atoms with Crippen LogP contribution in [0.25, 0.3) is 0 Å². The van der Waals surface area contributed by atoms with Gasteiger partial charge in [0.15, 0.2) is 11.4 Å². The van der Waals surface area contributed by atoms with Gasteiger partial charge in [-0.2, -0.15) is 0 Å². The van der Waals surface area contributed by atoms with Crippen LogP contribution in [0, 0.1) is 17.8 Å². The van der Waals surface area contributed by atoms with E-state index in [4.69, 9.17) is 14.2 Å². The Morgan fingerprint density at radius 2 is 1.96 bits per heavy atom. The first-order valence-corrected chi connectivity index (χ1v) is 8.83. The molecule has 0 unspecified atom stereocenters. The van der Waals surface area contributed by atoms with Crippen LogP contribution in [0.1, 0.15) is 27.2 Å². The molecule has 26 heavy (non-hydrogen) atoms. The van der Waals surface area contributed by atoms with Crippen molar-refractivity contribution in [2.24, 2.45) is 17.8 Å². The first-order chi connectivity index (χ1) is 12.1. The lowest BCUT2D eigenvalue weighted by Crippen LogP contribution is -2.38. The third-order valence-electron chi connectivity index (χ3n) is 6.28. The number of ketones is 1. The number of ether oxygens (including phenoxy) is 3. The van der Waals surface area contributed by atoms with Crippen molar-refractivity contribution in [3.63, 3.8) is 0 Å². The average molecular weight is 358 g/mol. The number of rotatable bonds is 2. The molecular weight excluding hydrogens is 336 g/mol. The van der Waals surface area contributed by atoms with Gasteiger partial charge in [-0.1, -0.05) is 24.3 Å². The summed E-state index contributed by atoms with van der Waals surface area (Å²) in [6.45, 7) is 13.3. The maximum absolute atomic E-state index is 12.6. The van der Waals surface area contributed by atoms with Gasteiger partial charge >= 0.3 is 11.9 Å². The average Bonchev–Trinajstić information content (AvgIpc) is 2.95. The van der Waals surface area contributed by atoms with E-state index >= 15 is 0 Å². The normalized spacial score (nSPS) is 44.0. The maximum Gasteiger partial charge on any atom is 0.341 e. The molecule has 2 aliphatic heterocycles. The Labute approximate surface area is 151 Å². The highest BCUT2D eigenvalue weighted by Gasteiger charge is 2.60. The molecule has 2 saturated heterocycles. The van der Waals surface area contributed by atoms with Gasteiger partial charge in [-0.3, -0.25) is 4.79 Å². The summed E-state index contributed by atoms with van der Waals surface area (Å²) in [6.07, 6.45) is 0.444. The van der Waals surface area contributed by atoms with E-state index in [1.807, 2.05) is 6.92 Å². The van der Waals surface area contributed by atoms with Crippen LogP contribution >= 0.6 is 0 Å². The zero-order chi connectivity index (χ0) is 19.0. The molecule has 3 fully saturated rings. The van der Waals surface area contributed by atoms with Crippen LogP contribution < -0.4 is 0 Å². The van der Waals surface area contributed by atoms with Gasteiger partial charge < -0.3 is 14.2 Å². The fraction of sp³-hybridized carbons (Fsp3) is 0.550. The van der Waals surface area contributed by atoms with E-state index in [-0.39, 0.29) is 23.4 Å². The van der Waals surface area contributed by atoms with Crippen molar-refractivity contribution in [1.29, 1.82) is 0 Å². The second kappa shape index (κ2) is 5.39. The van der Waals surface area contributed by atoms with Crippen molar-refractivity contribution in [2.75, 3.05) is 0 Å². The summed E-state index contributed by atoms with van der Waals surface area (Å²) < 4.78 is 16.7. The van der Waals surface area contributed by atoms with E-state index in [0.29, 0.717) is 12.0 Å². The quantitative estimate of drug-likeness (QED) is 0.324. The number of hydrogen-bond donors (Lipinski definition) is 0. The number of hydrogen-bond acceptors (Lipinski definition) is 6. The summed E-state index contributed by atoms with van der Waals surface area (Å²) in [5.41, 5.74) is 0.870. The molecule has 0 N–H and O–H groups in total.